The Morgan fingerprint density at radius 3 is 2.12 bits per heavy atom. The van der Waals surface area contributed by atoms with Gasteiger partial charge >= 0.3 is 0 Å². The fourth-order valence-corrected chi connectivity index (χ4v) is 0.988. The lowest BCUT2D eigenvalue weighted by atomic mass is 10.4. The molecule has 0 N–H and O–H groups in total. The first-order valence-corrected chi connectivity index (χ1v) is 3.66. The lowest BCUT2D eigenvalue weighted by Gasteiger charge is -1.92. The Hall–Kier alpha value is -0.240. The normalized spacial score (nSPS) is 11.6. The Labute approximate surface area is 54.2 Å². The van der Waals surface area contributed by atoms with E-state index in [1.54, 1.807) is 6.92 Å². The highest BCUT2D eigenvalue weighted by Crippen LogP contribution is 2.10. The van der Waals surface area contributed by atoms with E-state index in [-0.39, 0.29) is 5.78 Å². The van der Waals surface area contributed by atoms with Crippen molar-refractivity contribution in [3.05, 3.63) is 11.0 Å². The SMILES string of the molecule is C/C=C(\SC)C(C)=O. The molecule has 0 fully saturated rings. The molecule has 0 aromatic carbocycles. The molecule has 0 atom stereocenters. The minimum Gasteiger partial charge on any atom is -0.294 e. The van der Waals surface area contributed by atoms with Gasteiger partial charge in [-0.3, -0.25) is 4.79 Å². The molecule has 0 aromatic rings. The van der Waals surface area contributed by atoms with Gasteiger partial charge in [0.25, 0.3) is 0 Å². The summed E-state index contributed by atoms with van der Waals surface area (Å²) in [4.78, 5) is 11.4. The third-order valence-electron chi connectivity index (χ3n) is 0.829. The van der Waals surface area contributed by atoms with Gasteiger partial charge in [-0.25, -0.2) is 0 Å². The fourth-order valence-electron chi connectivity index (χ4n) is 0.465. The minimum absolute atomic E-state index is 0.153. The van der Waals surface area contributed by atoms with Gasteiger partial charge in [0, 0.05) is 4.91 Å². The second-order valence-electron chi connectivity index (χ2n) is 1.41. The van der Waals surface area contributed by atoms with E-state index in [2.05, 4.69) is 0 Å². The van der Waals surface area contributed by atoms with Gasteiger partial charge < -0.3 is 0 Å². The molecular formula is C6H10OS. The van der Waals surface area contributed by atoms with Gasteiger partial charge in [0.15, 0.2) is 5.78 Å². The Morgan fingerprint density at radius 1 is 1.62 bits per heavy atom. The van der Waals surface area contributed by atoms with Crippen LogP contribution in [-0.4, -0.2) is 12.0 Å². The van der Waals surface area contributed by atoms with Crippen molar-refractivity contribution in [2.45, 2.75) is 13.8 Å². The first kappa shape index (κ1) is 7.76. The first-order valence-electron chi connectivity index (χ1n) is 2.43. The molecule has 1 nitrogen and oxygen atoms in total. The van der Waals surface area contributed by atoms with Crippen molar-refractivity contribution in [1.82, 2.24) is 0 Å². The van der Waals surface area contributed by atoms with Gasteiger partial charge in [-0.1, -0.05) is 6.08 Å². The molecule has 0 rings (SSSR count). The second kappa shape index (κ2) is 3.72. The van der Waals surface area contributed by atoms with Crippen LogP contribution in [-0.2, 0) is 4.79 Å². The smallest absolute Gasteiger partial charge is 0.165 e. The van der Waals surface area contributed by atoms with Crippen molar-refractivity contribution >= 4 is 17.5 Å². The monoisotopic (exact) mass is 130 g/mol. The summed E-state index contributed by atoms with van der Waals surface area (Å²) in [6.07, 6.45) is 3.73. The average molecular weight is 130 g/mol. The number of hydrogen-bond donors (Lipinski definition) is 0. The zero-order valence-electron chi connectivity index (χ0n) is 5.39. The van der Waals surface area contributed by atoms with E-state index in [4.69, 9.17) is 0 Å². The van der Waals surface area contributed by atoms with Crippen LogP contribution in [0.5, 0.6) is 0 Å². The van der Waals surface area contributed by atoms with Crippen LogP contribution in [0.15, 0.2) is 11.0 Å². The zero-order valence-corrected chi connectivity index (χ0v) is 6.21. The van der Waals surface area contributed by atoms with Crippen LogP contribution in [0.4, 0.5) is 0 Å². The van der Waals surface area contributed by atoms with Crippen LogP contribution in [0, 0.1) is 0 Å². The van der Waals surface area contributed by atoms with E-state index < -0.39 is 0 Å². The number of carbonyl (C=O) groups excluding carboxylic acids is 1. The summed E-state index contributed by atoms with van der Waals surface area (Å²) < 4.78 is 0. The maximum Gasteiger partial charge on any atom is 0.165 e. The van der Waals surface area contributed by atoms with Crippen LogP contribution < -0.4 is 0 Å². The molecule has 0 heterocycles. The van der Waals surface area contributed by atoms with E-state index in [0.717, 1.165) is 4.91 Å². The summed E-state index contributed by atoms with van der Waals surface area (Å²) in [5.41, 5.74) is 0. The van der Waals surface area contributed by atoms with Gasteiger partial charge in [-0.05, 0) is 20.1 Å². The molecule has 0 radical (unpaired) electrons. The Bertz CT molecular complexity index is 116. The standard InChI is InChI=1S/C6H10OS/c1-4-6(8-3)5(2)7/h4H,1-3H3/b6-4-. The number of carbonyl (C=O) groups is 1. The van der Waals surface area contributed by atoms with Gasteiger partial charge in [0.05, 0.1) is 0 Å². The van der Waals surface area contributed by atoms with Gasteiger partial charge in [-0.15, -0.1) is 11.8 Å². The van der Waals surface area contributed by atoms with Gasteiger partial charge in [0.1, 0.15) is 0 Å². The molecule has 0 aliphatic rings. The van der Waals surface area contributed by atoms with Crippen molar-refractivity contribution in [3.63, 3.8) is 0 Å². The largest absolute Gasteiger partial charge is 0.294 e. The third-order valence-corrected chi connectivity index (χ3v) is 1.79. The molecule has 0 spiro atoms. The zero-order chi connectivity index (χ0) is 6.57. The Balaban J connectivity index is 3.92. The van der Waals surface area contributed by atoms with Gasteiger partial charge in [0.2, 0.25) is 0 Å². The van der Waals surface area contributed by atoms with Crippen molar-refractivity contribution < 1.29 is 4.79 Å². The quantitative estimate of drug-likeness (QED) is 0.530. The van der Waals surface area contributed by atoms with E-state index in [1.165, 1.54) is 11.8 Å². The molecule has 0 unspecified atom stereocenters. The highest BCUT2D eigenvalue weighted by Gasteiger charge is 1.96. The predicted molar refractivity (Wildman–Crippen MR) is 38.0 cm³/mol. The number of hydrogen-bond acceptors (Lipinski definition) is 2. The number of ketones is 1. The van der Waals surface area contributed by atoms with E-state index in [0.29, 0.717) is 0 Å². The number of rotatable bonds is 2. The van der Waals surface area contributed by atoms with Crippen LogP contribution in [0.1, 0.15) is 13.8 Å². The van der Waals surface area contributed by atoms with E-state index >= 15 is 0 Å². The Morgan fingerprint density at radius 2 is 2.12 bits per heavy atom. The van der Waals surface area contributed by atoms with Crippen LogP contribution in [0.3, 0.4) is 0 Å². The maximum absolute atomic E-state index is 10.5. The molecule has 0 aliphatic heterocycles. The maximum atomic E-state index is 10.5. The van der Waals surface area contributed by atoms with Crippen LogP contribution >= 0.6 is 11.8 Å². The Kier molecular flexibility index (Phi) is 3.61. The summed E-state index contributed by atoms with van der Waals surface area (Å²) in [6.45, 7) is 3.44. The highest BCUT2D eigenvalue weighted by atomic mass is 32.2. The average Bonchev–Trinajstić information content (AvgIpc) is 1.69. The van der Waals surface area contributed by atoms with Crippen molar-refractivity contribution in [3.8, 4) is 0 Å². The van der Waals surface area contributed by atoms with Crippen molar-refractivity contribution in [2.75, 3.05) is 6.26 Å². The minimum atomic E-state index is 0.153. The third kappa shape index (κ3) is 2.17. The molecule has 0 saturated carbocycles. The van der Waals surface area contributed by atoms with Crippen molar-refractivity contribution in [2.24, 2.45) is 0 Å². The van der Waals surface area contributed by atoms with Gasteiger partial charge in [-0.2, -0.15) is 0 Å². The molecule has 46 valence electrons. The van der Waals surface area contributed by atoms with Crippen LogP contribution in [0.25, 0.3) is 0 Å². The summed E-state index contributed by atoms with van der Waals surface area (Å²) in [6, 6.07) is 0. The molecule has 2 heteroatoms. The van der Waals surface area contributed by atoms with E-state index in [1.807, 2.05) is 19.3 Å². The molecule has 0 saturated heterocycles. The topological polar surface area (TPSA) is 17.1 Å². The first-order chi connectivity index (χ1) is 3.72. The number of Topliss-reactive ketones (excluding diaryl/α,β-unsaturated/α-hetero) is 1. The number of thioether (sulfide) groups is 1. The second-order valence-corrected chi connectivity index (χ2v) is 2.26. The summed E-state index contributed by atoms with van der Waals surface area (Å²) >= 11 is 1.49. The molecule has 0 aliphatic carbocycles. The summed E-state index contributed by atoms with van der Waals surface area (Å²) in [5.74, 6) is 0.153. The number of allylic oxidation sites excluding steroid dienone is 2. The highest BCUT2D eigenvalue weighted by molar-refractivity contribution is 8.03. The molecule has 0 bridgehead atoms. The summed E-state index contributed by atoms with van der Waals surface area (Å²) in [7, 11) is 0. The fraction of sp³-hybridized carbons (Fsp3) is 0.500. The lowest BCUT2D eigenvalue weighted by molar-refractivity contribution is -0.112. The van der Waals surface area contributed by atoms with Crippen molar-refractivity contribution in [1.29, 1.82) is 0 Å². The molecule has 0 aromatic heterocycles. The van der Waals surface area contributed by atoms with Crippen LogP contribution in [0.2, 0.25) is 0 Å². The predicted octanol–water partition coefficient (Wildman–Crippen LogP) is 1.84. The molecule has 8 heavy (non-hydrogen) atoms. The summed E-state index contributed by atoms with van der Waals surface area (Å²) in [5, 5.41) is 0. The molecular weight excluding hydrogens is 120 g/mol. The lowest BCUT2D eigenvalue weighted by Crippen LogP contribution is -1.89. The molecule has 0 amide bonds. The van der Waals surface area contributed by atoms with E-state index in [9.17, 15) is 4.79 Å².